The van der Waals surface area contributed by atoms with Crippen molar-refractivity contribution >= 4 is 34.3 Å². The molecule has 1 aromatic heterocycles. The summed E-state index contributed by atoms with van der Waals surface area (Å²) in [5, 5.41) is 13.6. The van der Waals surface area contributed by atoms with Gasteiger partial charge in [-0.05, 0) is 33.6 Å². The predicted molar refractivity (Wildman–Crippen MR) is 99.2 cm³/mol. The van der Waals surface area contributed by atoms with E-state index >= 15 is 0 Å². The first-order valence-corrected chi connectivity index (χ1v) is 8.87. The second kappa shape index (κ2) is 7.04. The predicted octanol–water partition coefficient (Wildman–Crippen LogP) is 3.78. The summed E-state index contributed by atoms with van der Waals surface area (Å²) in [5.74, 6) is 0.843. The first kappa shape index (κ1) is 17.7. The number of halogens is 1. The molecule has 0 atom stereocenters. The van der Waals surface area contributed by atoms with Crippen LogP contribution in [-0.2, 0) is 4.74 Å². The molecule has 0 aliphatic carbocycles. The van der Waals surface area contributed by atoms with Crippen LogP contribution < -0.4 is 10.2 Å². The van der Waals surface area contributed by atoms with Crippen LogP contribution >= 0.6 is 11.6 Å². The summed E-state index contributed by atoms with van der Waals surface area (Å²) in [5.41, 5.74) is -0.484. The molecule has 2 heterocycles. The summed E-state index contributed by atoms with van der Waals surface area (Å²) < 4.78 is 5.32. The lowest BCUT2D eigenvalue weighted by molar-refractivity contribution is 0.0497. The highest BCUT2D eigenvalue weighted by Crippen LogP contribution is 2.29. The fourth-order valence-electron chi connectivity index (χ4n) is 3.00. The monoisotopic (exact) mass is 362 g/mol. The van der Waals surface area contributed by atoms with E-state index < -0.39 is 5.60 Å². The molecule has 1 aliphatic heterocycles. The summed E-state index contributed by atoms with van der Waals surface area (Å²) in [7, 11) is 0. The molecular formula is C18H23ClN4O2. The molecule has 6 nitrogen and oxygen atoms in total. The first-order valence-electron chi connectivity index (χ1n) is 8.49. The summed E-state index contributed by atoms with van der Waals surface area (Å²) >= 11 is 6.15. The molecule has 1 N–H and O–H groups in total. The Balaban J connectivity index is 1.65. The molecule has 1 aliphatic rings. The van der Waals surface area contributed by atoms with E-state index in [1.807, 2.05) is 45.0 Å². The van der Waals surface area contributed by atoms with Crippen LogP contribution in [0.5, 0.6) is 0 Å². The van der Waals surface area contributed by atoms with Gasteiger partial charge in [-0.3, -0.25) is 0 Å². The van der Waals surface area contributed by atoms with Gasteiger partial charge in [-0.2, -0.15) is 0 Å². The van der Waals surface area contributed by atoms with Crippen LogP contribution in [0.1, 0.15) is 33.6 Å². The lowest BCUT2D eigenvalue weighted by atomic mass is 10.0. The van der Waals surface area contributed by atoms with Crippen LogP contribution in [0, 0.1) is 0 Å². The van der Waals surface area contributed by atoms with Gasteiger partial charge in [-0.15, -0.1) is 10.2 Å². The third kappa shape index (κ3) is 4.31. The van der Waals surface area contributed by atoms with Crippen LogP contribution in [0.2, 0.25) is 5.15 Å². The molecule has 3 rings (SSSR count). The fourth-order valence-corrected chi connectivity index (χ4v) is 3.20. The number of piperidine rings is 1. The van der Waals surface area contributed by atoms with Gasteiger partial charge in [0.25, 0.3) is 0 Å². The van der Waals surface area contributed by atoms with E-state index in [-0.39, 0.29) is 12.1 Å². The maximum absolute atomic E-state index is 11.9. The molecule has 0 bridgehead atoms. The van der Waals surface area contributed by atoms with Crippen LogP contribution in [0.25, 0.3) is 10.8 Å². The largest absolute Gasteiger partial charge is 0.444 e. The Morgan fingerprint density at radius 3 is 2.48 bits per heavy atom. The van der Waals surface area contributed by atoms with E-state index in [1.165, 1.54) is 0 Å². The van der Waals surface area contributed by atoms with E-state index in [1.54, 1.807) is 0 Å². The summed E-state index contributed by atoms with van der Waals surface area (Å²) in [4.78, 5) is 14.1. The highest BCUT2D eigenvalue weighted by Gasteiger charge is 2.25. The number of carbonyl (C=O) groups is 1. The molecule has 1 saturated heterocycles. The van der Waals surface area contributed by atoms with Crippen molar-refractivity contribution in [3.05, 3.63) is 29.4 Å². The van der Waals surface area contributed by atoms with E-state index in [2.05, 4.69) is 20.4 Å². The van der Waals surface area contributed by atoms with E-state index in [4.69, 9.17) is 16.3 Å². The summed E-state index contributed by atoms with van der Waals surface area (Å²) in [6.45, 7) is 7.17. The minimum Gasteiger partial charge on any atom is -0.444 e. The molecule has 2 aromatic rings. The minimum atomic E-state index is -0.484. The van der Waals surface area contributed by atoms with Gasteiger partial charge in [0, 0.05) is 29.9 Å². The topological polar surface area (TPSA) is 67.3 Å². The van der Waals surface area contributed by atoms with Gasteiger partial charge >= 0.3 is 6.09 Å². The second-order valence-electron chi connectivity index (χ2n) is 7.27. The fraction of sp³-hybridized carbons (Fsp3) is 0.500. The average Bonchev–Trinajstić information content (AvgIpc) is 2.55. The molecule has 25 heavy (non-hydrogen) atoms. The lowest BCUT2D eigenvalue weighted by Crippen LogP contribution is -2.46. The van der Waals surface area contributed by atoms with Crippen LogP contribution in [0.3, 0.4) is 0 Å². The number of alkyl carbamates (subject to hydrolysis) is 1. The van der Waals surface area contributed by atoms with Gasteiger partial charge in [0.15, 0.2) is 11.0 Å². The SMILES string of the molecule is CC(C)(C)OC(=O)NC1CCN(c2nnc(Cl)c3ccccc23)CC1. The van der Waals surface area contributed by atoms with Crippen molar-refractivity contribution < 1.29 is 9.53 Å². The van der Waals surface area contributed by atoms with Crippen LogP contribution in [0.4, 0.5) is 10.6 Å². The molecule has 1 aromatic carbocycles. The zero-order valence-corrected chi connectivity index (χ0v) is 15.5. The molecule has 134 valence electrons. The van der Waals surface area contributed by atoms with Crippen molar-refractivity contribution in [1.29, 1.82) is 0 Å². The molecule has 0 unspecified atom stereocenters. The number of nitrogens with one attached hydrogen (secondary N) is 1. The molecule has 1 amide bonds. The number of carbonyl (C=O) groups excluding carboxylic acids is 1. The summed E-state index contributed by atoms with van der Waals surface area (Å²) in [6, 6.07) is 7.98. The number of rotatable bonds is 2. The van der Waals surface area contributed by atoms with Crippen molar-refractivity contribution in [2.75, 3.05) is 18.0 Å². The number of benzene rings is 1. The van der Waals surface area contributed by atoms with Crippen LogP contribution in [-0.4, -0.2) is 41.0 Å². The van der Waals surface area contributed by atoms with Gasteiger partial charge in [-0.25, -0.2) is 4.79 Å². The lowest BCUT2D eigenvalue weighted by Gasteiger charge is -2.33. The van der Waals surface area contributed by atoms with Gasteiger partial charge in [0.05, 0.1) is 0 Å². The quantitative estimate of drug-likeness (QED) is 0.880. The Morgan fingerprint density at radius 2 is 1.84 bits per heavy atom. The number of anilines is 1. The van der Waals surface area contributed by atoms with Crippen molar-refractivity contribution in [1.82, 2.24) is 15.5 Å². The third-order valence-corrected chi connectivity index (χ3v) is 4.42. The van der Waals surface area contributed by atoms with Gasteiger partial charge in [0.1, 0.15) is 5.60 Å². The van der Waals surface area contributed by atoms with Crippen molar-refractivity contribution in [2.45, 2.75) is 45.3 Å². The Bertz CT molecular complexity index is 767. The number of hydrogen-bond donors (Lipinski definition) is 1. The highest BCUT2D eigenvalue weighted by molar-refractivity contribution is 6.34. The molecule has 0 spiro atoms. The number of amides is 1. The maximum atomic E-state index is 11.9. The molecular weight excluding hydrogens is 340 g/mol. The Hall–Kier alpha value is -2.08. The normalized spacial score (nSPS) is 16.1. The Kier molecular flexibility index (Phi) is 4.99. The zero-order valence-electron chi connectivity index (χ0n) is 14.8. The Morgan fingerprint density at radius 1 is 1.20 bits per heavy atom. The number of fused-ring (bicyclic) bond motifs is 1. The Labute approximate surface area is 152 Å². The number of aromatic nitrogens is 2. The standard InChI is InChI=1S/C18H23ClN4O2/c1-18(2,3)25-17(24)20-12-8-10-23(11-9-12)16-14-7-5-4-6-13(14)15(19)21-22-16/h4-7,12H,8-11H2,1-3H3,(H,20,24). The number of ether oxygens (including phenoxy) is 1. The van der Waals surface area contributed by atoms with E-state index in [0.29, 0.717) is 5.15 Å². The maximum Gasteiger partial charge on any atom is 0.407 e. The zero-order chi connectivity index (χ0) is 18.0. The number of hydrogen-bond acceptors (Lipinski definition) is 5. The molecule has 0 radical (unpaired) electrons. The average molecular weight is 363 g/mol. The number of nitrogens with zero attached hydrogens (tertiary/aromatic N) is 3. The van der Waals surface area contributed by atoms with Crippen molar-refractivity contribution in [3.8, 4) is 0 Å². The van der Waals surface area contributed by atoms with Crippen LogP contribution in [0.15, 0.2) is 24.3 Å². The second-order valence-corrected chi connectivity index (χ2v) is 7.63. The molecule has 1 fully saturated rings. The van der Waals surface area contributed by atoms with Crippen molar-refractivity contribution in [2.24, 2.45) is 0 Å². The summed E-state index contributed by atoms with van der Waals surface area (Å²) in [6.07, 6.45) is 1.30. The molecule has 7 heteroatoms. The van der Waals surface area contributed by atoms with Gasteiger partial charge < -0.3 is 15.0 Å². The smallest absolute Gasteiger partial charge is 0.407 e. The van der Waals surface area contributed by atoms with E-state index in [0.717, 1.165) is 42.5 Å². The van der Waals surface area contributed by atoms with Gasteiger partial charge in [0.2, 0.25) is 0 Å². The highest BCUT2D eigenvalue weighted by atomic mass is 35.5. The first-order chi connectivity index (χ1) is 11.8. The molecule has 0 saturated carbocycles. The third-order valence-electron chi connectivity index (χ3n) is 4.14. The van der Waals surface area contributed by atoms with Crippen molar-refractivity contribution in [3.63, 3.8) is 0 Å². The van der Waals surface area contributed by atoms with Gasteiger partial charge in [-0.1, -0.05) is 35.9 Å². The van der Waals surface area contributed by atoms with E-state index in [9.17, 15) is 4.79 Å². The minimum absolute atomic E-state index is 0.109.